The summed E-state index contributed by atoms with van der Waals surface area (Å²) in [7, 11) is 0. The van der Waals surface area contributed by atoms with E-state index in [1.807, 2.05) is 6.08 Å². The Morgan fingerprint density at radius 1 is 1.53 bits per heavy atom. The molecule has 1 aromatic rings. The van der Waals surface area contributed by atoms with Crippen LogP contribution in [0.4, 0.5) is 5.82 Å². The van der Waals surface area contributed by atoms with Crippen LogP contribution >= 0.6 is 0 Å². The van der Waals surface area contributed by atoms with Crippen molar-refractivity contribution < 1.29 is 0 Å². The normalized spacial score (nSPS) is 15.8. The molecule has 0 radical (unpaired) electrons. The zero-order valence-corrected chi connectivity index (χ0v) is 9.16. The predicted molar refractivity (Wildman–Crippen MR) is 62.0 cm³/mol. The second-order valence-electron chi connectivity index (χ2n) is 4.07. The fourth-order valence-corrected chi connectivity index (χ4v) is 2.03. The van der Waals surface area contributed by atoms with E-state index in [2.05, 4.69) is 28.8 Å². The van der Waals surface area contributed by atoms with Crippen molar-refractivity contribution in [2.45, 2.75) is 38.6 Å². The Balaban J connectivity index is 2.15. The van der Waals surface area contributed by atoms with E-state index in [-0.39, 0.29) is 0 Å². The molecule has 0 saturated heterocycles. The van der Waals surface area contributed by atoms with Crippen LogP contribution in [0.3, 0.4) is 0 Å². The van der Waals surface area contributed by atoms with Gasteiger partial charge < -0.3 is 5.32 Å². The van der Waals surface area contributed by atoms with Gasteiger partial charge in [-0.2, -0.15) is 0 Å². The summed E-state index contributed by atoms with van der Waals surface area (Å²) in [6, 6.07) is 0.391. The maximum Gasteiger partial charge on any atom is 0.133 e. The van der Waals surface area contributed by atoms with Crippen LogP contribution in [0, 0.1) is 0 Å². The van der Waals surface area contributed by atoms with Crippen LogP contribution in [0.25, 0.3) is 0 Å². The van der Waals surface area contributed by atoms with Crippen LogP contribution in [0.15, 0.2) is 19.0 Å². The molecule has 0 spiro atoms. The quantitative estimate of drug-likeness (QED) is 0.763. The summed E-state index contributed by atoms with van der Waals surface area (Å²) in [5, 5.41) is 3.42. The zero-order chi connectivity index (χ0) is 10.7. The van der Waals surface area contributed by atoms with Gasteiger partial charge in [0.05, 0.1) is 0 Å². The van der Waals surface area contributed by atoms with Crippen LogP contribution in [0.5, 0.6) is 0 Å². The number of rotatable bonds is 4. The third-order valence-corrected chi connectivity index (χ3v) is 2.78. The highest BCUT2D eigenvalue weighted by Crippen LogP contribution is 2.25. The number of aryl methyl sites for hydroxylation is 1. The molecule has 1 aliphatic rings. The first-order valence-corrected chi connectivity index (χ1v) is 5.51. The molecule has 1 heterocycles. The average molecular weight is 203 g/mol. The maximum absolute atomic E-state index is 4.32. The second kappa shape index (κ2) is 4.43. The Bertz CT molecular complexity index is 360. The molecule has 0 bridgehead atoms. The van der Waals surface area contributed by atoms with Gasteiger partial charge >= 0.3 is 0 Å². The first-order chi connectivity index (χ1) is 7.31. The molecule has 0 fully saturated rings. The smallest absolute Gasteiger partial charge is 0.133 e. The summed E-state index contributed by atoms with van der Waals surface area (Å²) in [6.07, 6.45) is 7.96. The summed E-state index contributed by atoms with van der Waals surface area (Å²) in [4.78, 5) is 8.62. The van der Waals surface area contributed by atoms with E-state index in [1.54, 1.807) is 6.33 Å². The van der Waals surface area contributed by atoms with Gasteiger partial charge in [-0.3, -0.25) is 0 Å². The standard InChI is InChI=1S/C12H17N3/c1-3-5-9(2)15-12-10-6-4-7-11(10)13-8-14-12/h3,8-9H,1,4-7H2,2H3,(H,13,14,15). The molecule has 0 amide bonds. The third kappa shape index (κ3) is 2.17. The molecule has 0 aliphatic heterocycles. The van der Waals surface area contributed by atoms with Crippen LogP contribution < -0.4 is 5.32 Å². The van der Waals surface area contributed by atoms with E-state index < -0.39 is 0 Å². The van der Waals surface area contributed by atoms with Crippen LogP contribution in [0.2, 0.25) is 0 Å². The Morgan fingerprint density at radius 2 is 2.40 bits per heavy atom. The van der Waals surface area contributed by atoms with Crippen molar-refractivity contribution in [1.82, 2.24) is 9.97 Å². The molecule has 3 heteroatoms. The molecule has 0 aromatic carbocycles. The highest BCUT2D eigenvalue weighted by Gasteiger charge is 2.17. The average Bonchev–Trinajstić information content (AvgIpc) is 2.67. The van der Waals surface area contributed by atoms with E-state index in [0.717, 1.165) is 25.1 Å². The monoisotopic (exact) mass is 203 g/mol. The van der Waals surface area contributed by atoms with Crippen molar-refractivity contribution in [3.63, 3.8) is 0 Å². The van der Waals surface area contributed by atoms with E-state index in [0.29, 0.717) is 6.04 Å². The van der Waals surface area contributed by atoms with Gasteiger partial charge in [0.15, 0.2) is 0 Å². The van der Waals surface area contributed by atoms with Crippen molar-refractivity contribution >= 4 is 5.82 Å². The third-order valence-electron chi connectivity index (χ3n) is 2.78. The molecule has 3 nitrogen and oxygen atoms in total. The molecule has 80 valence electrons. The molecule has 1 atom stereocenters. The number of nitrogens with one attached hydrogen (secondary N) is 1. The first-order valence-electron chi connectivity index (χ1n) is 5.51. The van der Waals surface area contributed by atoms with Crippen LogP contribution in [-0.4, -0.2) is 16.0 Å². The minimum absolute atomic E-state index is 0.391. The molecule has 15 heavy (non-hydrogen) atoms. The molecule has 1 aromatic heterocycles. The lowest BCUT2D eigenvalue weighted by Gasteiger charge is -2.14. The Hall–Kier alpha value is -1.38. The minimum atomic E-state index is 0.391. The van der Waals surface area contributed by atoms with E-state index in [1.165, 1.54) is 17.7 Å². The van der Waals surface area contributed by atoms with Gasteiger partial charge in [-0.05, 0) is 32.6 Å². The summed E-state index contributed by atoms with van der Waals surface area (Å²) < 4.78 is 0. The summed E-state index contributed by atoms with van der Waals surface area (Å²) in [6.45, 7) is 5.89. The second-order valence-corrected chi connectivity index (χ2v) is 4.07. The number of aromatic nitrogens is 2. The lowest BCUT2D eigenvalue weighted by Crippen LogP contribution is -2.16. The van der Waals surface area contributed by atoms with Crippen LogP contribution in [-0.2, 0) is 12.8 Å². The van der Waals surface area contributed by atoms with Gasteiger partial charge in [0.1, 0.15) is 12.1 Å². The van der Waals surface area contributed by atoms with Crippen molar-refractivity contribution in [2.24, 2.45) is 0 Å². The molecule has 1 aliphatic carbocycles. The number of hydrogen-bond acceptors (Lipinski definition) is 3. The lowest BCUT2D eigenvalue weighted by atomic mass is 10.2. The van der Waals surface area contributed by atoms with E-state index in [9.17, 15) is 0 Å². The molecule has 0 saturated carbocycles. The van der Waals surface area contributed by atoms with Gasteiger partial charge in [-0.1, -0.05) is 6.08 Å². The van der Waals surface area contributed by atoms with Crippen molar-refractivity contribution in [1.29, 1.82) is 0 Å². The zero-order valence-electron chi connectivity index (χ0n) is 9.16. The van der Waals surface area contributed by atoms with Crippen molar-refractivity contribution in [2.75, 3.05) is 5.32 Å². The van der Waals surface area contributed by atoms with Crippen molar-refractivity contribution in [3.8, 4) is 0 Å². The van der Waals surface area contributed by atoms with Gasteiger partial charge in [-0.15, -0.1) is 6.58 Å². The summed E-state index contributed by atoms with van der Waals surface area (Å²) >= 11 is 0. The van der Waals surface area contributed by atoms with Gasteiger partial charge in [0.25, 0.3) is 0 Å². The van der Waals surface area contributed by atoms with Gasteiger partial charge in [0, 0.05) is 17.3 Å². The van der Waals surface area contributed by atoms with Crippen LogP contribution in [0.1, 0.15) is 31.0 Å². The summed E-state index contributed by atoms with van der Waals surface area (Å²) in [5.74, 6) is 1.02. The maximum atomic E-state index is 4.32. The highest BCUT2D eigenvalue weighted by molar-refractivity contribution is 5.48. The minimum Gasteiger partial charge on any atom is -0.367 e. The Morgan fingerprint density at radius 3 is 3.20 bits per heavy atom. The molecule has 1 N–H and O–H groups in total. The molecule has 1 unspecified atom stereocenters. The number of hydrogen-bond donors (Lipinski definition) is 1. The van der Waals surface area contributed by atoms with Gasteiger partial charge in [0.2, 0.25) is 0 Å². The molecular formula is C12H17N3. The lowest BCUT2D eigenvalue weighted by molar-refractivity contribution is 0.802. The number of anilines is 1. The molecule has 2 rings (SSSR count). The van der Waals surface area contributed by atoms with E-state index in [4.69, 9.17) is 0 Å². The SMILES string of the molecule is C=CCC(C)Nc1ncnc2c1CCC2. The molecular weight excluding hydrogens is 186 g/mol. The fourth-order valence-electron chi connectivity index (χ4n) is 2.03. The predicted octanol–water partition coefficient (Wildman–Crippen LogP) is 2.34. The Labute approximate surface area is 90.6 Å². The first kappa shape index (κ1) is 10.1. The summed E-state index contributed by atoms with van der Waals surface area (Å²) in [5.41, 5.74) is 2.53. The fraction of sp³-hybridized carbons (Fsp3) is 0.500. The van der Waals surface area contributed by atoms with E-state index >= 15 is 0 Å². The highest BCUT2D eigenvalue weighted by atomic mass is 15.0. The number of nitrogens with zero attached hydrogens (tertiary/aromatic N) is 2. The van der Waals surface area contributed by atoms with Gasteiger partial charge in [-0.25, -0.2) is 9.97 Å². The Kier molecular flexibility index (Phi) is 2.99. The van der Waals surface area contributed by atoms with Crippen molar-refractivity contribution in [3.05, 3.63) is 30.2 Å². The number of fused-ring (bicyclic) bond motifs is 1. The largest absolute Gasteiger partial charge is 0.367 e. The topological polar surface area (TPSA) is 37.8 Å².